The van der Waals surface area contributed by atoms with Gasteiger partial charge in [0.1, 0.15) is 0 Å². The first-order valence-corrected chi connectivity index (χ1v) is 8.43. The molecule has 0 aromatic heterocycles. The number of para-hydroxylation sites is 1. The minimum absolute atomic E-state index is 0.220. The maximum atomic E-state index is 2.78. The largest absolute Gasteiger partial charge is 0.362 e. The van der Waals surface area contributed by atoms with Gasteiger partial charge in [0.2, 0.25) is 0 Å². The van der Waals surface area contributed by atoms with E-state index in [1.807, 2.05) is 0 Å². The summed E-state index contributed by atoms with van der Waals surface area (Å²) in [6.45, 7) is 19.3. The average Bonchev–Trinajstić information content (AvgIpc) is 2.68. The third-order valence-corrected chi connectivity index (χ3v) is 5.85. The molecule has 1 atom stereocenters. The van der Waals surface area contributed by atoms with Gasteiger partial charge in [-0.15, -0.1) is 0 Å². The van der Waals surface area contributed by atoms with E-state index in [2.05, 4.69) is 78.5 Å². The van der Waals surface area contributed by atoms with Gasteiger partial charge < -0.3 is 4.90 Å². The van der Waals surface area contributed by atoms with Crippen molar-refractivity contribution in [2.45, 2.75) is 84.7 Å². The van der Waals surface area contributed by atoms with E-state index in [0.29, 0.717) is 17.4 Å². The van der Waals surface area contributed by atoms with E-state index in [4.69, 9.17) is 0 Å². The Balaban J connectivity index is 2.31. The lowest BCUT2D eigenvalue weighted by Crippen LogP contribution is -2.48. The van der Waals surface area contributed by atoms with E-state index < -0.39 is 0 Å². The number of fused-ring (bicyclic) bond motifs is 3. The molecule has 1 aromatic carbocycles. The standard InChI is InChI=1S/C20H31N/c1-13(2)14-10-9-11-15-16(14)21-17(20(15,7)8)18(3,4)12-19(21,5)6/h9-11,13,17H,12H2,1-8H3. The van der Waals surface area contributed by atoms with Crippen molar-refractivity contribution in [3.63, 3.8) is 0 Å². The Hall–Kier alpha value is -0.980. The number of hydrogen-bond donors (Lipinski definition) is 0. The van der Waals surface area contributed by atoms with Gasteiger partial charge in [-0.05, 0) is 42.7 Å². The van der Waals surface area contributed by atoms with Gasteiger partial charge in [0.25, 0.3) is 0 Å². The molecule has 1 unspecified atom stereocenters. The van der Waals surface area contributed by atoms with Gasteiger partial charge >= 0.3 is 0 Å². The Morgan fingerprint density at radius 1 is 1.05 bits per heavy atom. The fourth-order valence-corrected chi connectivity index (χ4v) is 5.69. The van der Waals surface area contributed by atoms with Gasteiger partial charge in [-0.1, -0.05) is 59.7 Å². The number of nitrogens with zero attached hydrogens (tertiary/aromatic N) is 1. The summed E-state index contributed by atoms with van der Waals surface area (Å²) in [6.07, 6.45) is 1.26. The zero-order valence-electron chi connectivity index (χ0n) is 15.0. The normalized spacial score (nSPS) is 27.9. The van der Waals surface area contributed by atoms with Crippen molar-refractivity contribution in [2.75, 3.05) is 4.90 Å². The second kappa shape index (κ2) is 4.06. The van der Waals surface area contributed by atoms with E-state index in [0.717, 1.165) is 0 Å². The van der Waals surface area contributed by atoms with Crippen molar-refractivity contribution < 1.29 is 0 Å². The molecule has 1 aromatic rings. The Labute approximate surface area is 130 Å². The summed E-state index contributed by atoms with van der Waals surface area (Å²) < 4.78 is 0. The van der Waals surface area contributed by atoms with Crippen LogP contribution >= 0.6 is 0 Å². The second-order valence-corrected chi connectivity index (χ2v) is 9.37. The first-order chi connectivity index (χ1) is 9.50. The summed E-state index contributed by atoms with van der Waals surface area (Å²) in [4.78, 5) is 2.78. The third-order valence-electron chi connectivity index (χ3n) is 5.85. The van der Waals surface area contributed by atoms with Gasteiger partial charge in [-0.3, -0.25) is 0 Å². The molecule has 21 heavy (non-hydrogen) atoms. The Kier molecular flexibility index (Phi) is 2.89. The summed E-state index contributed by atoms with van der Waals surface area (Å²) in [7, 11) is 0. The lowest BCUT2D eigenvalue weighted by atomic mass is 9.68. The monoisotopic (exact) mass is 285 g/mol. The van der Waals surface area contributed by atoms with Crippen LogP contribution < -0.4 is 4.90 Å². The fourth-order valence-electron chi connectivity index (χ4n) is 5.69. The molecule has 0 saturated carbocycles. The van der Waals surface area contributed by atoms with Crippen molar-refractivity contribution in [2.24, 2.45) is 5.41 Å². The first-order valence-electron chi connectivity index (χ1n) is 8.43. The van der Waals surface area contributed by atoms with Crippen LogP contribution in [0.1, 0.15) is 78.9 Å². The predicted octanol–water partition coefficient (Wildman–Crippen LogP) is 5.48. The quantitative estimate of drug-likeness (QED) is 0.660. The molecular weight excluding hydrogens is 254 g/mol. The highest BCUT2D eigenvalue weighted by molar-refractivity contribution is 5.72. The fraction of sp³-hybridized carbons (Fsp3) is 0.700. The van der Waals surface area contributed by atoms with Crippen LogP contribution in [0, 0.1) is 5.41 Å². The summed E-state index contributed by atoms with van der Waals surface area (Å²) in [5, 5.41) is 0. The van der Waals surface area contributed by atoms with Crippen LogP contribution in [0.5, 0.6) is 0 Å². The molecule has 1 heteroatoms. The molecule has 0 aliphatic carbocycles. The average molecular weight is 285 g/mol. The molecule has 2 aliphatic heterocycles. The van der Waals surface area contributed by atoms with E-state index in [1.165, 1.54) is 17.7 Å². The Morgan fingerprint density at radius 3 is 2.24 bits per heavy atom. The number of rotatable bonds is 1. The minimum atomic E-state index is 0.220. The highest BCUT2D eigenvalue weighted by atomic mass is 15.3. The molecule has 1 saturated heterocycles. The Morgan fingerprint density at radius 2 is 1.67 bits per heavy atom. The van der Waals surface area contributed by atoms with Crippen LogP contribution in [0.2, 0.25) is 0 Å². The van der Waals surface area contributed by atoms with E-state index in [1.54, 1.807) is 5.56 Å². The highest BCUT2D eigenvalue weighted by Crippen LogP contribution is 2.61. The van der Waals surface area contributed by atoms with E-state index >= 15 is 0 Å². The van der Waals surface area contributed by atoms with Crippen LogP contribution in [-0.4, -0.2) is 11.6 Å². The molecule has 0 amide bonds. The molecule has 116 valence electrons. The highest BCUT2D eigenvalue weighted by Gasteiger charge is 2.61. The summed E-state index contributed by atoms with van der Waals surface area (Å²) in [6, 6.07) is 7.56. The molecular formula is C20H31N. The first kappa shape index (κ1) is 14.9. The lowest BCUT2D eigenvalue weighted by molar-refractivity contribution is 0.248. The van der Waals surface area contributed by atoms with Gasteiger partial charge in [-0.2, -0.15) is 0 Å². The molecule has 0 spiro atoms. The molecule has 1 nitrogen and oxygen atoms in total. The van der Waals surface area contributed by atoms with Crippen molar-refractivity contribution >= 4 is 5.69 Å². The third kappa shape index (κ3) is 1.82. The van der Waals surface area contributed by atoms with Crippen LogP contribution in [0.3, 0.4) is 0 Å². The zero-order chi connectivity index (χ0) is 15.8. The van der Waals surface area contributed by atoms with Crippen molar-refractivity contribution in [1.29, 1.82) is 0 Å². The van der Waals surface area contributed by atoms with Gasteiger partial charge in [0.15, 0.2) is 0 Å². The van der Waals surface area contributed by atoms with Gasteiger partial charge in [0, 0.05) is 22.7 Å². The minimum Gasteiger partial charge on any atom is -0.362 e. The van der Waals surface area contributed by atoms with Crippen LogP contribution in [0.15, 0.2) is 18.2 Å². The SMILES string of the molecule is CC(C)c1cccc2c1N1C(C(C)(C)CC1(C)C)C2(C)C. The lowest BCUT2D eigenvalue weighted by Gasteiger charge is -2.40. The number of benzene rings is 1. The van der Waals surface area contributed by atoms with Crippen molar-refractivity contribution in [3.05, 3.63) is 29.3 Å². The summed E-state index contributed by atoms with van der Waals surface area (Å²) >= 11 is 0. The molecule has 2 aliphatic rings. The molecule has 1 fully saturated rings. The maximum absolute atomic E-state index is 2.78. The van der Waals surface area contributed by atoms with Crippen LogP contribution in [0.4, 0.5) is 5.69 Å². The number of anilines is 1. The molecule has 0 bridgehead atoms. The summed E-state index contributed by atoms with van der Waals surface area (Å²) in [5.41, 5.74) is 5.42. The molecule has 2 heterocycles. The number of hydrogen-bond acceptors (Lipinski definition) is 1. The van der Waals surface area contributed by atoms with E-state index in [9.17, 15) is 0 Å². The van der Waals surface area contributed by atoms with E-state index in [-0.39, 0.29) is 11.0 Å². The van der Waals surface area contributed by atoms with Crippen LogP contribution in [-0.2, 0) is 5.41 Å². The second-order valence-electron chi connectivity index (χ2n) is 9.37. The molecule has 0 radical (unpaired) electrons. The molecule has 0 N–H and O–H groups in total. The van der Waals surface area contributed by atoms with Gasteiger partial charge in [0.05, 0.1) is 0 Å². The topological polar surface area (TPSA) is 3.24 Å². The maximum Gasteiger partial charge on any atom is 0.0447 e. The van der Waals surface area contributed by atoms with Gasteiger partial charge in [-0.25, -0.2) is 0 Å². The van der Waals surface area contributed by atoms with Crippen molar-refractivity contribution in [1.82, 2.24) is 0 Å². The summed E-state index contributed by atoms with van der Waals surface area (Å²) in [5.74, 6) is 0.578. The smallest absolute Gasteiger partial charge is 0.0447 e. The zero-order valence-corrected chi connectivity index (χ0v) is 15.0. The Bertz CT molecular complexity index is 578. The van der Waals surface area contributed by atoms with Crippen LogP contribution in [0.25, 0.3) is 0 Å². The van der Waals surface area contributed by atoms with Crippen molar-refractivity contribution in [3.8, 4) is 0 Å². The molecule has 3 rings (SSSR count). The predicted molar refractivity (Wildman–Crippen MR) is 92.3 cm³/mol.